The van der Waals surface area contributed by atoms with E-state index in [0.29, 0.717) is 0 Å². The molecule has 0 aliphatic heterocycles. The van der Waals surface area contributed by atoms with Gasteiger partial charge in [0.25, 0.3) is 0 Å². The molecule has 19 heavy (non-hydrogen) atoms. The average Bonchev–Trinajstić information content (AvgIpc) is 2.35. The van der Waals surface area contributed by atoms with Gasteiger partial charge in [-0.15, -0.1) is 0 Å². The molecule has 0 spiro atoms. The highest BCUT2D eigenvalue weighted by molar-refractivity contribution is 5.87. The highest BCUT2D eigenvalue weighted by atomic mass is 16.2. The molecular weight excluding hydrogens is 242 g/mol. The summed E-state index contributed by atoms with van der Waals surface area (Å²) in [7, 11) is 0. The van der Waals surface area contributed by atoms with Gasteiger partial charge in [0.2, 0.25) is 11.8 Å². The van der Waals surface area contributed by atoms with Crippen LogP contribution in [0.25, 0.3) is 0 Å². The van der Waals surface area contributed by atoms with Crippen LogP contribution in [0.15, 0.2) is 24.4 Å². The summed E-state index contributed by atoms with van der Waals surface area (Å²) in [5.41, 5.74) is 0.297. The zero-order valence-electron chi connectivity index (χ0n) is 11.9. The molecule has 1 unspecified atom stereocenters. The lowest BCUT2D eigenvalue weighted by molar-refractivity contribution is -0.131. The fourth-order valence-electron chi connectivity index (χ4n) is 1.42. The van der Waals surface area contributed by atoms with Crippen molar-refractivity contribution in [3.8, 4) is 0 Å². The molecule has 0 radical (unpaired) electrons. The van der Waals surface area contributed by atoms with Gasteiger partial charge in [0.05, 0.1) is 18.3 Å². The van der Waals surface area contributed by atoms with Crippen molar-refractivity contribution in [1.82, 2.24) is 15.6 Å². The molecule has 1 rings (SSSR count). The number of hydrogen-bond donors (Lipinski definition) is 2. The Kier molecular flexibility index (Phi) is 5.03. The Bertz CT molecular complexity index is 438. The van der Waals surface area contributed by atoms with Crippen LogP contribution >= 0.6 is 0 Å². The molecule has 0 aliphatic rings. The van der Waals surface area contributed by atoms with Crippen LogP contribution in [0.2, 0.25) is 0 Å². The van der Waals surface area contributed by atoms with Crippen LogP contribution in [0.5, 0.6) is 0 Å². The monoisotopic (exact) mass is 263 g/mol. The normalized spacial score (nSPS) is 12.6. The molecule has 5 nitrogen and oxygen atoms in total. The van der Waals surface area contributed by atoms with E-state index in [-0.39, 0.29) is 24.4 Å². The zero-order valence-corrected chi connectivity index (χ0v) is 11.9. The Balaban J connectivity index is 2.42. The Morgan fingerprint density at radius 2 is 2.00 bits per heavy atom. The van der Waals surface area contributed by atoms with Crippen molar-refractivity contribution in [3.05, 3.63) is 30.1 Å². The van der Waals surface area contributed by atoms with E-state index < -0.39 is 5.41 Å². The maximum atomic E-state index is 11.7. The summed E-state index contributed by atoms with van der Waals surface area (Å²) in [6, 6.07) is 5.35. The lowest BCUT2D eigenvalue weighted by Crippen LogP contribution is -2.42. The quantitative estimate of drug-likeness (QED) is 0.863. The molecule has 1 atom stereocenters. The highest BCUT2D eigenvalue weighted by Gasteiger charge is 2.21. The van der Waals surface area contributed by atoms with Gasteiger partial charge in [-0.25, -0.2) is 0 Å². The minimum atomic E-state index is -0.493. The number of carbonyl (C=O) groups excluding carboxylic acids is 2. The van der Waals surface area contributed by atoms with Crippen LogP contribution in [0, 0.1) is 5.41 Å². The van der Waals surface area contributed by atoms with Crippen molar-refractivity contribution in [2.45, 2.75) is 33.7 Å². The van der Waals surface area contributed by atoms with Crippen LogP contribution in [-0.4, -0.2) is 23.3 Å². The Morgan fingerprint density at radius 3 is 2.53 bits per heavy atom. The fourth-order valence-corrected chi connectivity index (χ4v) is 1.42. The third kappa shape index (κ3) is 5.07. The van der Waals surface area contributed by atoms with Crippen molar-refractivity contribution in [2.24, 2.45) is 5.41 Å². The fraction of sp³-hybridized carbons (Fsp3) is 0.500. The van der Waals surface area contributed by atoms with Gasteiger partial charge < -0.3 is 10.6 Å². The summed E-state index contributed by atoms with van der Waals surface area (Å²) in [4.78, 5) is 27.5. The molecule has 0 fully saturated rings. The van der Waals surface area contributed by atoms with Crippen molar-refractivity contribution in [2.75, 3.05) is 6.54 Å². The molecule has 1 aromatic heterocycles. The molecule has 0 saturated heterocycles. The molecule has 1 heterocycles. The van der Waals surface area contributed by atoms with E-state index in [4.69, 9.17) is 0 Å². The van der Waals surface area contributed by atoms with Crippen LogP contribution in [0.3, 0.4) is 0 Å². The topological polar surface area (TPSA) is 71.1 Å². The third-order valence-electron chi connectivity index (χ3n) is 2.60. The number of nitrogens with one attached hydrogen (secondary N) is 2. The number of aromatic nitrogens is 1. The van der Waals surface area contributed by atoms with Gasteiger partial charge in [0.1, 0.15) is 0 Å². The van der Waals surface area contributed by atoms with Gasteiger partial charge in [-0.1, -0.05) is 26.8 Å². The smallest absolute Gasteiger partial charge is 0.239 e. The third-order valence-corrected chi connectivity index (χ3v) is 2.60. The average molecular weight is 263 g/mol. The summed E-state index contributed by atoms with van der Waals surface area (Å²) < 4.78 is 0. The predicted molar refractivity (Wildman–Crippen MR) is 73.3 cm³/mol. The molecule has 5 heteroatoms. The number of nitrogens with zero attached hydrogens (tertiary/aromatic N) is 1. The number of hydrogen-bond acceptors (Lipinski definition) is 3. The summed E-state index contributed by atoms with van der Waals surface area (Å²) in [5.74, 6) is -0.371. The first-order valence-electron chi connectivity index (χ1n) is 6.29. The lowest BCUT2D eigenvalue weighted by Gasteiger charge is -2.18. The highest BCUT2D eigenvalue weighted by Crippen LogP contribution is 2.12. The van der Waals surface area contributed by atoms with E-state index in [2.05, 4.69) is 15.6 Å². The SMILES string of the molecule is CC(NC(=O)CNC(=O)C(C)(C)C)c1ccccn1. The summed E-state index contributed by atoms with van der Waals surface area (Å²) in [5, 5.41) is 5.39. The minimum Gasteiger partial charge on any atom is -0.347 e. The number of rotatable bonds is 4. The number of amides is 2. The van der Waals surface area contributed by atoms with E-state index in [1.165, 1.54) is 0 Å². The Labute approximate surface area is 113 Å². The van der Waals surface area contributed by atoms with Gasteiger partial charge >= 0.3 is 0 Å². The number of pyridine rings is 1. The molecule has 2 amide bonds. The van der Waals surface area contributed by atoms with Gasteiger partial charge in [-0.05, 0) is 19.1 Å². The van der Waals surface area contributed by atoms with E-state index in [9.17, 15) is 9.59 Å². The van der Waals surface area contributed by atoms with E-state index in [1.807, 2.05) is 25.1 Å². The second-order valence-corrected chi connectivity index (χ2v) is 5.48. The first-order valence-corrected chi connectivity index (χ1v) is 6.29. The summed E-state index contributed by atoms with van der Waals surface area (Å²) in [6.45, 7) is 7.24. The maximum Gasteiger partial charge on any atom is 0.239 e. The predicted octanol–water partition coefficient (Wildman–Crippen LogP) is 1.42. The van der Waals surface area contributed by atoms with Crippen LogP contribution < -0.4 is 10.6 Å². The van der Waals surface area contributed by atoms with Gasteiger partial charge in [0.15, 0.2) is 0 Å². The van der Waals surface area contributed by atoms with Crippen LogP contribution in [-0.2, 0) is 9.59 Å². The largest absolute Gasteiger partial charge is 0.347 e. The van der Waals surface area contributed by atoms with Crippen molar-refractivity contribution >= 4 is 11.8 Å². The van der Waals surface area contributed by atoms with E-state index in [0.717, 1.165) is 5.69 Å². The van der Waals surface area contributed by atoms with Crippen molar-refractivity contribution in [3.63, 3.8) is 0 Å². The molecule has 0 aromatic carbocycles. The first kappa shape index (κ1) is 15.1. The Morgan fingerprint density at radius 1 is 1.32 bits per heavy atom. The Hall–Kier alpha value is -1.91. The van der Waals surface area contributed by atoms with E-state index in [1.54, 1.807) is 27.0 Å². The molecule has 0 bridgehead atoms. The number of carbonyl (C=O) groups is 2. The molecule has 2 N–H and O–H groups in total. The van der Waals surface area contributed by atoms with Crippen molar-refractivity contribution in [1.29, 1.82) is 0 Å². The van der Waals surface area contributed by atoms with Crippen LogP contribution in [0.1, 0.15) is 39.4 Å². The second kappa shape index (κ2) is 6.31. The van der Waals surface area contributed by atoms with Crippen molar-refractivity contribution < 1.29 is 9.59 Å². The molecular formula is C14H21N3O2. The zero-order chi connectivity index (χ0) is 14.5. The summed E-state index contributed by atoms with van der Waals surface area (Å²) in [6.07, 6.45) is 1.68. The van der Waals surface area contributed by atoms with E-state index >= 15 is 0 Å². The van der Waals surface area contributed by atoms with Gasteiger partial charge in [-0.2, -0.15) is 0 Å². The second-order valence-electron chi connectivity index (χ2n) is 5.48. The summed E-state index contributed by atoms with van der Waals surface area (Å²) >= 11 is 0. The van der Waals surface area contributed by atoms with Crippen LogP contribution in [0.4, 0.5) is 0 Å². The maximum absolute atomic E-state index is 11.7. The molecule has 0 aliphatic carbocycles. The molecule has 0 saturated carbocycles. The van der Waals surface area contributed by atoms with Gasteiger partial charge in [-0.3, -0.25) is 14.6 Å². The lowest BCUT2D eigenvalue weighted by atomic mass is 9.96. The van der Waals surface area contributed by atoms with Gasteiger partial charge in [0, 0.05) is 11.6 Å². The molecule has 1 aromatic rings. The standard InChI is InChI=1S/C14H21N3O2/c1-10(11-7-5-6-8-15-11)17-12(18)9-16-13(19)14(2,3)4/h5-8,10H,9H2,1-4H3,(H,16,19)(H,17,18). The first-order chi connectivity index (χ1) is 8.80. The minimum absolute atomic E-state index is 0.0206. The molecule has 104 valence electrons.